The van der Waals surface area contributed by atoms with E-state index >= 15 is 0 Å². The van der Waals surface area contributed by atoms with Gasteiger partial charge in [-0.05, 0) is 0 Å². The molecule has 0 spiro atoms. The maximum Gasteiger partial charge on any atom is 0.397 e. The van der Waals surface area contributed by atoms with Crippen LogP contribution in [0, 0.1) is 5.21 Å². The number of carboxylic acid groups (broad SMARTS) is 1. The van der Waals surface area contributed by atoms with Crippen LogP contribution in [0.3, 0.4) is 0 Å². The summed E-state index contributed by atoms with van der Waals surface area (Å²) in [7, 11) is -10.7. The first-order valence-electron chi connectivity index (χ1n) is 11.5. The smallest absolute Gasteiger partial charge is 0.397 e. The number of aliphatic hydroxyl groups is 4. The predicted molar refractivity (Wildman–Crippen MR) is 121 cm³/mol. The zero-order valence-electron chi connectivity index (χ0n) is 20.6. The predicted octanol–water partition coefficient (Wildman–Crippen LogP) is -6.19. The molecule has 3 saturated heterocycles. The molecule has 238 valence electrons. The monoisotopic (exact) mass is 643 g/mol. The molecule has 0 saturated carbocycles. The van der Waals surface area contributed by atoms with Crippen LogP contribution in [-0.2, 0) is 43.9 Å². The molecule has 0 unspecified atom stereocenters. The second-order valence-electron chi connectivity index (χ2n) is 9.10. The molecule has 3 heterocycles. The van der Waals surface area contributed by atoms with Crippen LogP contribution >= 0.6 is 0 Å². The topological polar surface area (TPSA) is 341 Å². The fourth-order valence-corrected chi connectivity index (χ4v) is 5.61. The molecule has 0 radical (unpaired) electrons. The van der Waals surface area contributed by atoms with Crippen molar-refractivity contribution < 1.29 is 84.8 Å². The van der Waals surface area contributed by atoms with Crippen LogP contribution in [0.2, 0.25) is 0 Å². The number of nitrogens with zero attached hydrogens (tertiary/aromatic N) is 4. The average Bonchev–Trinajstić information content (AvgIpc) is 2.86. The quantitative estimate of drug-likeness (QED) is 0.0462. The normalized spacial score (nSPS) is 38.1. The van der Waals surface area contributed by atoms with Crippen molar-refractivity contribution in [2.75, 3.05) is 32.7 Å². The molecule has 3 rings (SSSR count). The van der Waals surface area contributed by atoms with E-state index in [2.05, 4.69) is 9.46 Å². The molecule has 23 nitrogen and oxygen atoms in total. The minimum absolute atomic E-state index is 0.0128. The van der Waals surface area contributed by atoms with Gasteiger partial charge in [-0.25, -0.2) is 8.98 Å². The number of piperazine rings is 1. The lowest BCUT2D eigenvalue weighted by atomic mass is 9.95. The van der Waals surface area contributed by atoms with Crippen LogP contribution in [0.5, 0.6) is 0 Å². The summed E-state index contributed by atoms with van der Waals surface area (Å²) in [6.45, 7) is -0.239. The van der Waals surface area contributed by atoms with Crippen LogP contribution in [0.4, 0.5) is 0 Å². The Morgan fingerprint density at radius 1 is 1.00 bits per heavy atom. The summed E-state index contributed by atoms with van der Waals surface area (Å²) in [6.07, 6.45) is -19.1. The van der Waals surface area contributed by atoms with E-state index in [0.717, 1.165) is 5.01 Å². The van der Waals surface area contributed by atoms with Crippen LogP contribution in [0.1, 0.15) is 0 Å². The molecule has 9 N–H and O–H groups in total. The van der Waals surface area contributed by atoms with Crippen molar-refractivity contribution in [3.05, 3.63) is 5.21 Å². The van der Waals surface area contributed by atoms with Crippen LogP contribution in [0.25, 0.3) is 0 Å². The third kappa shape index (κ3) is 8.47. The molecular weight excluding hydrogens is 614 g/mol. The number of rotatable bonds is 10. The van der Waals surface area contributed by atoms with E-state index in [-0.39, 0.29) is 37.7 Å². The first-order chi connectivity index (χ1) is 18.9. The summed E-state index contributed by atoms with van der Waals surface area (Å²) >= 11 is 0. The first-order valence-corrected chi connectivity index (χ1v) is 14.3. The van der Waals surface area contributed by atoms with Gasteiger partial charge in [0.25, 0.3) is 0 Å². The summed E-state index contributed by atoms with van der Waals surface area (Å²) in [5.41, 5.74) is 0. The summed E-state index contributed by atoms with van der Waals surface area (Å²) in [5.74, 6) is -1.81. The number of carbonyl (C=O) groups is 1. The molecule has 0 aliphatic carbocycles. The van der Waals surface area contributed by atoms with Crippen molar-refractivity contribution in [2.24, 2.45) is 5.28 Å². The van der Waals surface area contributed by atoms with E-state index in [9.17, 15) is 61.5 Å². The van der Waals surface area contributed by atoms with Gasteiger partial charge in [0.15, 0.2) is 18.7 Å². The molecule has 3 aliphatic rings. The zero-order valence-corrected chi connectivity index (χ0v) is 22.2. The Bertz CT molecular complexity index is 1170. The Hall–Kier alpha value is -2.11. The average molecular weight is 644 g/mol. The number of hydrazine groups is 1. The van der Waals surface area contributed by atoms with E-state index in [1.165, 1.54) is 4.72 Å². The number of hydrogen-bond acceptors (Lipinski definition) is 16. The van der Waals surface area contributed by atoms with Crippen LogP contribution in [0.15, 0.2) is 5.28 Å². The highest BCUT2D eigenvalue weighted by atomic mass is 32.3. The lowest BCUT2D eigenvalue weighted by Crippen LogP contribution is -2.69. The third-order valence-electron chi connectivity index (χ3n) is 6.39. The molecule has 0 aromatic carbocycles. The maximum atomic E-state index is 11.7. The number of nitrogens with one attached hydrogen (secondary N) is 1. The van der Waals surface area contributed by atoms with E-state index in [1.54, 1.807) is 4.90 Å². The van der Waals surface area contributed by atoms with Gasteiger partial charge in [0.05, 0.1) is 18.1 Å². The largest absolute Gasteiger partial charge is 0.569 e. The minimum Gasteiger partial charge on any atom is -0.569 e. The second kappa shape index (κ2) is 13.0. The van der Waals surface area contributed by atoms with Gasteiger partial charge in [0, 0.05) is 19.6 Å². The molecule has 0 aromatic rings. The van der Waals surface area contributed by atoms with Crippen molar-refractivity contribution in [3.63, 3.8) is 0 Å². The van der Waals surface area contributed by atoms with E-state index in [4.69, 9.17) is 19.4 Å². The highest BCUT2D eigenvalue weighted by Gasteiger charge is 2.54. The summed E-state index contributed by atoms with van der Waals surface area (Å²) in [4.78, 5) is 13.0. The fraction of sp³-hybridized carbons (Fsp3) is 0.938. The van der Waals surface area contributed by atoms with E-state index in [1.807, 2.05) is 0 Å². The van der Waals surface area contributed by atoms with Gasteiger partial charge in [0.2, 0.25) is 5.28 Å². The Kier molecular flexibility index (Phi) is 10.6. The highest BCUT2D eigenvalue weighted by molar-refractivity contribution is 7.83. The van der Waals surface area contributed by atoms with Gasteiger partial charge in [-0.15, -0.1) is 5.01 Å². The summed E-state index contributed by atoms with van der Waals surface area (Å²) < 4.78 is 87.0. The van der Waals surface area contributed by atoms with E-state index in [0.29, 0.717) is 0 Å². The van der Waals surface area contributed by atoms with Crippen LogP contribution in [-0.4, -0.2) is 172 Å². The van der Waals surface area contributed by atoms with E-state index < -0.39 is 88.0 Å². The number of aliphatic hydroxyl groups excluding tert-OH is 4. The van der Waals surface area contributed by atoms with Crippen molar-refractivity contribution >= 4 is 26.7 Å². The molecule has 0 amide bonds. The SMILES string of the molecule is O=C(O)[C@H]1O[C@@H](O[C@H]2[C@H](OS(=O)(=O)O)[C@@H](NS(=O)(=O)O)[C@@H](O)O[C@@H]2CN2CCN(/[N+]([O-])=N\O)CC2)[C@H](O)[C@@H](O)[C@@H]1O. The van der Waals surface area contributed by atoms with Gasteiger partial charge < -0.3 is 50.2 Å². The molecule has 0 bridgehead atoms. The number of ether oxygens (including phenoxy) is 3. The van der Waals surface area contributed by atoms with Crippen molar-refractivity contribution in [1.82, 2.24) is 14.6 Å². The van der Waals surface area contributed by atoms with Gasteiger partial charge in [-0.3, -0.25) is 14.0 Å². The van der Waals surface area contributed by atoms with Gasteiger partial charge in [0.1, 0.15) is 42.7 Å². The maximum absolute atomic E-state index is 11.7. The minimum atomic E-state index is -5.49. The summed E-state index contributed by atoms with van der Waals surface area (Å²) in [6, 6.07) is -2.23. The highest BCUT2D eigenvalue weighted by Crippen LogP contribution is 2.31. The molecule has 3 aliphatic heterocycles. The van der Waals surface area contributed by atoms with Crippen LogP contribution < -0.4 is 4.72 Å². The standard InChI is InChI=1S/C16H29N5O18S2/c22-8-9(23)13(14(25)26)38-16(10(8)24)37-11-6(5-19-1-3-20(4-2-19)21(29)18-28)36-15(27)7(17-40(30,31)32)12(11)39-41(33,34)35/h6-13,15-17,22-24,27-28H,1-5H2,(H,25,26)(H,30,31,32)(H,33,34,35)/b21-18+/t6-,7-,8+,9+,10-,11-,12-,13+,15+,16-/m1/s1. The lowest BCUT2D eigenvalue weighted by Gasteiger charge is -2.47. The number of hydrogen-bond donors (Lipinski definition) is 9. The van der Waals surface area contributed by atoms with Gasteiger partial charge in [-0.2, -0.15) is 21.6 Å². The Labute approximate surface area is 231 Å². The molecule has 25 heteroatoms. The third-order valence-corrected chi connectivity index (χ3v) is 7.43. The zero-order chi connectivity index (χ0) is 30.9. The number of carboxylic acids is 1. The fourth-order valence-electron chi connectivity index (χ4n) is 4.50. The molecule has 3 fully saturated rings. The van der Waals surface area contributed by atoms with Crippen molar-refractivity contribution in [3.8, 4) is 0 Å². The molecular formula is C16H29N5O18S2. The Balaban J connectivity index is 1.96. The lowest BCUT2D eigenvalue weighted by molar-refractivity contribution is -0.711. The Morgan fingerprint density at radius 3 is 2.12 bits per heavy atom. The van der Waals surface area contributed by atoms with Crippen molar-refractivity contribution in [2.45, 2.75) is 61.3 Å². The summed E-state index contributed by atoms with van der Waals surface area (Å²) in [5, 5.41) is 73.9. The molecule has 0 aromatic heterocycles. The number of aliphatic carboxylic acids is 1. The van der Waals surface area contributed by atoms with Gasteiger partial charge in [-0.1, -0.05) is 0 Å². The Morgan fingerprint density at radius 2 is 1.61 bits per heavy atom. The first kappa shape index (κ1) is 33.4. The van der Waals surface area contributed by atoms with Gasteiger partial charge >= 0.3 is 26.7 Å². The van der Waals surface area contributed by atoms with Crippen molar-refractivity contribution in [1.29, 1.82) is 0 Å². The second-order valence-corrected chi connectivity index (χ2v) is 11.3. The molecule has 41 heavy (non-hydrogen) atoms. The molecule has 10 atom stereocenters.